The summed E-state index contributed by atoms with van der Waals surface area (Å²) in [5, 5.41) is 7.22. The smallest absolute Gasteiger partial charge is 0.224 e. The maximum absolute atomic E-state index is 12.1. The molecule has 4 atom stereocenters. The monoisotopic (exact) mass is 242 g/mol. The molecule has 2 N–H and O–H groups in total. The van der Waals surface area contributed by atoms with Crippen LogP contribution in [0.15, 0.2) is 0 Å². The standard InChI is InChI=1S/C12H22N2OS/c1-8-9(6-7-13-8)12(15)14-10-4-3-5-11(10)16-2/h8-11,13H,3-7H2,1-2H3,(H,14,15). The van der Waals surface area contributed by atoms with Crippen molar-refractivity contribution in [2.45, 2.75) is 49.9 Å². The topological polar surface area (TPSA) is 41.1 Å². The molecule has 16 heavy (non-hydrogen) atoms. The van der Waals surface area contributed by atoms with Gasteiger partial charge in [0.25, 0.3) is 0 Å². The molecule has 1 amide bonds. The minimum atomic E-state index is 0.183. The summed E-state index contributed by atoms with van der Waals surface area (Å²) in [5.41, 5.74) is 0. The molecule has 0 aromatic heterocycles. The van der Waals surface area contributed by atoms with Crippen LogP contribution in [-0.2, 0) is 4.79 Å². The van der Waals surface area contributed by atoms with Crippen molar-refractivity contribution in [1.29, 1.82) is 0 Å². The molecule has 4 heteroatoms. The molecule has 1 saturated heterocycles. The Morgan fingerprint density at radius 2 is 2.19 bits per heavy atom. The van der Waals surface area contributed by atoms with Crippen LogP contribution in [0, 0.1) is 5.92 Å². The number of nitrogens with one attached hydrogen (secondary N) is 2. The fourth-order valence-electron chi connectivity index (χ4n) is 2.88. The summed E-state index contributed by atoms with van der Waals surface area (Å²) in [6.07, 6.45) is 6.81. The summed E-state index contributed by atoms with van der Waals surface area (Å²) in [5.74, 6) is 0.451. The third-order valence-corrected chi connectivity index (χ3v) is 5.11. The van der Waals surface area contributed by atoms with Crippen LogP contribution in [0.25, 0.3) is 0 Å². The average Bonchev–Trinajstić information content (AvgIpc) is 2.86. The highest BCUT2D eigenvalue weighted by Crippen LogP contribution is 2.29. The van der Waals surface area contributed by atoms with E-state index in [2.05, 4.69) is 23.8 Å². The molecule has 1 aliphatic carbocycles. The highest BCUT2D eigenvalue weighted by atomic mass is 32.2. The van der Waals surface area contributed by atoms with Crippen molar-refractivity contribution in [2.24, 2.45) is 5.92 Å². The third kappa shape index (κ3) is 2.54. The normalized spacial score (nSPS) is 38.9. The van der Waals surface area contributed by atoms with E-state index in [0.717, 1.165) is 19.4 Å². The lowest BCUT2D eigenvalue weighted by Gasteiger charge is -2.22. The van der Waals surface area contributed by atoms with Crippen molar-refractivity contribution in [3.63, 3.8) is 0 Å². The van der Waals surface area contributed by atoms with E-state index in [1.54, 1.807) is 0 Å². The van der Waals surface area contributed by atoms with Gasteiger partial charge in [-0.2, -0.15) is 11.8 Å². The van der Waals surface area contributed by atoms with E-state index in [4.69, 9.17) is 0 Å². The van der Waals surface area contributed by atoms with Crippen molar-refractivity contribution in [3.05, 3.63) is 0 Å². The van der Waals surface area contributed by atoms with Crippen molar-refractivity contribution in [3.8, 4) is 0 Å². The number of amides is 1. The highest BCUT2D eigenvalue weighted by molar-refractivity contribution is 7.99. The first-order valence-corrected chi connectivity index (χ1v) is 7.57. The van der Waals surface area contributed by atoms with Crippen molar-refractivity contribution in [2.75, 3.05) is 12.8 Å². The second kappa shape index (κ2) is 5.41. The summed E-state index contributed by atoms with van der Waals surface area (Å²) >= 11 is 1.90. The molecule has 2 fully saturated rings. The molecule has 1 aliphatic heterocycles. The van der Waals surface area contributed by atoms with E-state index in [0.29, 0.717) is 17.3 Å². The maximum atomic E-state index is 12.1. The van der Waals surface area contributed by atoms with Crippen LogP contribution in [0.1, 0.15) is 32.6 Å². The lowest BCUT2D eigenvalue weighted by atomic mass is 10.0. The molecular formula is C12H22N2OS. The predicted molar refractivity (Wildman–Crippen MR) is 68.7 cm³/mol. The first-order valence-electron chi connectivity index (χ1n) is 6.29. The number of hydrogen-bond acceptors (Lipinski definition) is 3. The number of carbonyl (C=O) groups is 1. The minimum absolute atomic E-state index is 0.183. The van der Waals surface area contributed by atoms with E-state index in [1.165, 1.54) is 12.8 Å². The summed E-state index contributed by atoms with van der Waals surface area (Å²) in [6, 6.07) is 0.754. The van der Waals surface area contributed by atoms with Gasteiger partial charge in [-0.25, -0.2) is 0 Å². The van der Waals surface area contributed by atoms with Gasteiger partial charge in [0.15, 0.2) is 0 Å². The molecule has 0 radical (unpaired) electrons. The summed E-state index contributed by atoms with van der Waals surface area (Å²) in [7, 11) is 0. The first-order chi connectivity index (χ1) is 7.72. The molecule has 0 aromatic rings. The van der Waals surface area contributed by atoms with Gasteiger partial charge in [-0.05, 0) is 39.0 Å². The van der Waals surface area contributed by atoms with Crippen molar-refractivity contribution in [1.82, 2.24) is 10.6 Å². The Bertz CT molecular complexity index is 259. The lowest BCUT2D eigenvalue weighted by molar-refractivity contribution is -0.125. The lowest BCUT2D eigenvalue weighted by Crippen LogP contribution is -2.44. The van der Waals surface area contributed by atoms with E-state index in [1.807, 2.05) is 11.8 Å². The molecule has 0 aromatic carbocycles. The highest BCUT2D eigenvalue weighted by Gasteiger charge is 2.33. The van der Waals surface area contributed by atoms with Gasteiger partial charge in [0.1, 0.15) is 0 Å². The van der Waals surface area contributed by atoms with E-state index in [9.17, 15) is 4.79 Å². The quantitative estimate of drug-likeness (QED) is 0.786. The van der Waals surface area contributed by atoms with Crippen LogP contribution in [0.2, 0.25) is 0 Å². The second-order valence-electron chi connectivity index (χ2n) is 4.96. The molecule has 92 valence electrons. The van der Waals surface area contributed by atoms with Gasteiger partial charge < -0.3 is 10.6 Å². The summed E-state index contributed by atoms with van der Waals surface area (Å²) in [4.78, 5) is 12.1. The van der Waals surface area contributed by atoms with Gasteiger partial charge in [-0.3, -0.25) is 4.79 Å². The number of hydrogen-bond donors (Lipinski definition) is 2. The van der Waals surface area contributed by atoms with Gasteiger partial charge in [-0.15, -0.1) is 0 Å². The Kier molecular flexibility index (Phi) is 4.14. The van der Waals surface area contributed by atoms with Crippen molar-refractivity contribution < 1.29 is 4.79 Å². The molecule has 1 heterocycles. The number of thioether (sulfide) groups is 1. The second-order valence-corrected chi connectivity index (χ2v) is 6.04. The Morgan fingerprint density at radius 3 is 2.81 bits per heavy atom. The predicted octanol–water partition coefficient (Wildman–Crippen LogP) is 1.38. The van der Waals surface area contributed by atoms with Crippen molar-refractivity contribution >= 4 is 17.7 Å². The number of rotatable bonds is 3. The van der Waals surface area contributed by atoms with Crippen LogP contribution < -0.4 is 10.6 Å². The largest absolute Gasteiger partial charge is 0.352 e. The van der Waals surface area contributed by atoms with Crippen LogP contribution in [-0.4, -0.2) is 36.0 Å². The number of carbonyl (C=O) groups excluding carboxylic acids is 1. The minimum Gasteiger partial charge on any atom is -0.352 e. The van der Waals surface area contributed by atoms with Crippen LogP contribution in [0.4, 0.5) is 0 Å². The molecule has 4 unspecified atom stereocenters. The SMILES string of the molecule is CSC1CCCC1NC(=O)C1CCNC1C. The summed E-state index contributed by atoms with van der Waals surface area (Å²) in [6.45, 7) is 3.09. The van der Waals surface area contributed by atoms with E-state index in [-0.39, 0.29) is 11.8 Å². The molecule has 1 saturated carbocycles. The third-order valence-electron chi connectivity index (χ3n) is 3.94. The summed E-state index contributed by atoms with van der Waals surface area (Å²) < 4.78 is 0. The Labute approximate surface area is 102 Å². The molecular weight excluding hydrogens is 220 g/mol. The molecule has 0 spiro atoms. The first kappa shape index (κ1) is 12.2. The molecule has 2 aliphatic rings. The van der Waals surface area contributed by atoms with Crippen LogP contribution in [0.5, 0.6) is 0 Å². The Balaban J connectivity index is 1.86. The van der Waals surface area contributed by atoms with Gasteiger partial charge in [0, 0.05) is 17.3 Å². The van der Waals surface area contributed by atoms with Gasteiger partial charge >= 0.3 is 0 Å². The fraction of sp³-hybridized carbons (Fsp3) is 0.917. The maximum Gasteiger partial charge on any atom is 0.224 e. The zero-order valence-corrected chi connectivity index (χ0v) is 11.0. The fourth-order valence-corrected chi connectivity index (χ4v) is 3.81. The van der Waals surface area contributed by atoms with Crippen LogP contribution in [0.3, 0.4) is 0 Å². The van der Waals surface area contributed by atoms with E-state index < -0.39 is 0 Å². The van der Waals surface area contributed by atoms with E-state index >= 15 is 0 Å². The molecule has 0 bridgehead atoms. The molecule has 3 nitrogen and oxygen atoms in total. The van der Waals surface area contributed by atoms with Crippen LogP contribution >= 0.6 is 11.8 Å². The average molecular weight is 242 g/mol. The zero-order valence-electron chi connectivity index (χ0n) is 10.2. The zero-order chi connectivity index (χ0) is 11.5. The Hall–Kier alpha value is -0.220. The Morgan fingerprint density at radius 1 is 1.38 bits per heavy atom. The van der Waals surface area contributed by atoms with Gasteiger partial charge in [0.2, 0.25) is 5.91 Å². The molecule has 2 rings (SSSR count). The van der Waals surface area contributed by atoms with Gasteiger partial charge in [0.05, 0.1) is 5.92 Å². The van der Waals surface area contributed by atoms with Gasteiger partial charge in [-0.1, -0.05) is 6.42 Å².